The molecule has 0 fully saturated rings. The van der Waals surface area contributed by atoms with Crippen molar-refractivity contribution in [1.82, 2.24) is 5.32 Å². The van der Waals surface area contributed by atoms with E-state index in [1.807, 2.05) is 0 Å². The molecular weight excluding hydrogens is 353 g/mol. The maximum atomic E-state index is 13.5. The van der Waals surface area contributed by atoms with E-state index in [9.17, 15) is 22.0 Å². The zero-order valence-electron chi connectivity index (χ0n) is 15.1. The fourth-order valence-electron chi connectivity index (χ4n) is 2.47. The van der Waals surface area contributed by atoms with Crippen molar-refractivity contribution in [2.45, 2.75) is 51.8 Å². The second-order valence-electron chi connectivity index (χ2n) is 6.92. The highest BCUT2D eigenvalue weighted by molar-refractivity contribution is 5.64. The molecular formula is C18H26F5N3. The minimum atomic E-state index is -4.74. The number of hydrogen-bond acceptors (Lipinski definition) is 3. The lowest BCUT2D eigenvalue weighted by molar-refractivity contribution is -0.137. The molecule has 1 unspecified atom stereocenters. The van der Waals surface area contributed by atoms with Gasteiger partial charge in [0.1, 0.15) is 0 Å². The SMILES string of the molecule is CC(C)CC(N)CCN/C=C(\N)c1cc(C(C)(F)F)cc(C(F)(F)F)c1. The lowest BCUT2D eigenvalue weighted by atomic mass is 10.00. The summed E-state index contributed by atoms with van der Waals surface area (Å²) in [5, 5.41) is 2.87. The fourth-order valence-corrected chi connectivity index (χ4v) is 2.47. The van der Waals surface area contributed by atoms with E-state index in [1.165, 1.54) is 6.20 Å². The summed E-state index contributed by atoms with van der Waals surface area (Å²) >= 11 is 0. The largest absolute Gasteiger partial charge is 0.416 e. The van der Waals surface area contributed by atoms with Crippen LogP contribution in [-0.2, 0) is 12.1 Å². The van der Waals surface area contributed by atoms with Crippen molar-refractivity contribution in [2.24, 2.45) is 17.4 Å². The summed E-state index contributed by atoms with van der Waals surface area (Å²) in [5.74, 6) is -2.95. The third-order valence-electron chi connectivity index (χ3n) is 3.79. The van der Waals surface area contributed by atoms with Gasteiger partial charge in [-0.3, -0.25) is 0 Å². The van der Waals surface area contributed by atoms with E-state index in [-0.39, 0.29) is 17.3 Å². The van der Waals surface area contributed by atoms with Crippen molar-refractivity contribution in [3.8, 4) is 0 Å². The Balaban J connectivity index is 2.92. The molecule has 0 spiro atoms. The van der Waals surface area contributed by atoms with Crippen LogP contribution in [0.25, 0.3) is 5.70 Å². The topological polar surface area (TPSA) is 64.1 Å². The lowest BCUT2D eigenvalue weighted by Crippen LogP contribution is -2.26. The number of nitrogens with one attached hydrogen (secondary N) is 1. The molecule has 1 aromatic rings. The molecule has 1 aromatic carbocycles. The van der Waals surface area contributed by atoms with Gasteiger partial charge in [0.05, 0.1) is 11.3 Å². The van der Waals surface area contributed by atoms with Gasteiger partial charge in [0, 0.05) is 31.3 Å². The summed E-state index contributed by atoms with van der Waals surface area (Å²) in [4.78, 5) is 0. The molecule has 0 saturated heterocycles. The molecule has 5 N–H and O–H groups in total. The van der Waals surface area contributed by atoms with Crippen LogP contribution >= 0.6 is 0 Å². The van der Waals surface area contributed by atoms with E-state index >= 15 is 0 Å². The van der Waals surface area contributed by atoms with Gasteiger partial charge in [0.25, 0.3) is 5.92 Å². The van der Waals surface area contributed by atoms with E-state index in [2.05, 4.69) is 19.2 Å². The lowest BCUT2D eigenvalue weighted by Gasteiger charge is -2.17. The molecule has 0 aliphatic carbocycles. The number of rotatable bonds is 8. The summed E-state index contributed by atoms with van der Waals surface area (Å²) in [7, 11) is 0. The molecule has 1 atom stereocenters. The first-order chi connectivity index (χ1) is 11.8. The van der Waals surface area contributed by atoms with E-state index in [4.69, 9.17) is 11.5 Å². The third kappa shape index (κ3) is 7.19. The van der Waals surface area contributed by atoms with Gasteiger partial charge < -0.3 is 16.8 Å². The van der Waals surface area contributed by atoms with Crippen LogP contribution in [0.15, 0.2) is 24.4 Å². The molecule has 0 aliphatic heterocycles. The van der Waals surface area contributed by atoms with E-state index in [0.29, 0.717) is 31.9 Å². The molecule has 8 heteroatoms. The van der Waals surface area contributed by atoms with Crippen molar-refractivity contribution in [1.29, 1.82) is 0 Å². The van der Waals surface area contributed by atoms with Crippen LogP contribution in [0.2, 0.25) is 0 Å². The summed E-state index contributed by atoms with van der Waals surface area (Å²) < 4.78 is 65.9. The predicted octanol–water partition coefficient (Wildman–Crippen LogP) is 4.43. The minimum absolute atomic E-state index is 0.00364. The molecule has 1 rings (SSSR count). The van der Waals surface area contributed by atoms with Crippen LogP contribution in [0.5, 0.6) is 0 Å². The maximum Gasteiger partial charge on any atom is 0.416 e. The van der Waals surface area contributed by atoms with Crippen LogP contribution in [-0.4, -0.2) is 12.6 Å². The highest BCUT2D eigenvalue weighted by Gasteiger charge is 2.34. The molecule has 26 heavy (non-hydrogen) atoms. The van der Waals surface area contributed by atoms with Crippen LogP contribution in [0.4, 0.5) is 22.0 Å². The van der Waals surface area contributed by atoms with Crippen molar-refractivity contribution in [2.75, 3.05) is 6.54 Å². The second-order valence-corrected chi connectivity index (χ2v) is 6.92. The maximum absolute atomic E-state index is 13.5. The Morgan fingerprint density at radius 3 is 2.19 bits per heavy atom. The van der Waals surface area contributed by atoms with E-state index in [1.54, 1.807) is 0 Å². The number of alkyl halides is 5. The normalized spacial score (nSPS) is 14.6. The van der Waals surface area contributed by atoms with Gasteiger partial charge in [-0.1, -0.05) is 13.8 Å². The van der Waals surface area contributed by atoms with Gasteiger partial charge in [0.2, 0.25) is 0 Å². The Hall–Kier alpha value is -1.83. The molecule has 0 amide bonds. The van der Waals surface area contributed by atoms with Crippen LogP contribution < -0.4 is 16.8 Å². The van der Waals surface area contributed by atoms with Crippen molar-refractivity contribution >= 4 is 5.70 Å². The summed E-state index contributed by atoms with van der Waals surface area (Å²) in [5.41, 5.74) is 9.63. The quantitative estimate of drug-likeness (QED) is 0.463. The first-order valence-corrected chi connectivity index (χ1v) is 8.36. The standard InChI is InChI=1S/C18H26F5N3/c1-11(2)6-15(24)4-5-26-10-16(25)12-7-13(17(3,19)20)9-14(8-12)18(21,22)23/h7-11,15,26H,4-6,24-25H2,1-3H3/b16-10-. The number of hydrogen-bond donors (Lipinski definition) is 3. The Labute approximate surface area is 150 Å². The van der Waals surface area contributed by atoms with Gasteiger partial charge >= 0.3 is 6.18 Å². The van der Waals surface area contributed by atoms with Crippen molar-refractivity contribution in [3.05, 3.63) is 41.1 Å². The number of halogens is 5. The van der Waals surface area contributed by atoms with Crippen molar-refractivity contribution in [3.63, 3.8) is 0 Å². The second kappa shape index (κ2) is 8.70. The van der Waals surface area contributed by atoms with Crippen LogP contribution in [0.3, 0.4) is 0 Å². The molecule has 148 valence electrons. The Kier molecular flexibility index (Phi) is 7.44. The fraction of sp³-hybridized carbons (Fsp3) is 0.556. The highest BCUT2D eigenvalue weighted by atomic mass is 19.4. The predicted molar refractivity (Wildman–Crippen MR) is 93.2 cm³/mol. The van der Waals surface area contributed by atoms with Gasteiger partial charge in [0.15, 0.2) is 0 Å². The first-order valence-electron chi connectivity index (χ1n) is 8.36. The summed E-state index contributed by atoms with van der Waals surface area (Å²) in [6, 6.07) is 2.16. The van der Waals surface area contributed by atoms with Crippen LogP contribution in [0.1, 0.15) is 50.3 Å². The Bertz CT molecular complexity index is 586. The average molecular weight is 379 g/mol. The first kappa shape index (κ1) is 22.2. The van der Waals surface area contributed by atoms with Gasteiger partial charge in [-0.2, -0.15) is 13.2 Å². The van der Waals surface area contributed by atoms with Gasteiger partial charge in [-0.15, -0.1) is 0 Å². The average Bonchev–Trinajstić information content (AvgIpc) is 2.48. The van der Waals surface area contributed by atoms with E-state index in [0.717, 1.165) is 18.6 Å². The zero-order valence-corrected chi connectivity index (χ0v) is 15.1. The van der Waals surface area contributed by atoms with Crippen molar-refractivity contribution < 1.29 is 22.0 Å². The smallest absolute Gasteiger partial charge is 0.397 e. The van der Waals surface area contributed by atoms with Crippen LogP contribution in [0, 0.1) is 5.92 Å². The summed E-state index contributed by atoms with van der Waals surface area (Å²) in [6.07, 6.45) is -1.92. The molecule has 0 heterocycles. The summed E-state index contributed by atoms with van der Waals surface area (Å²) in [6.45, 7) is 5.13. The Morgan fingerprint density at radius 2 is 1.69 bits per heavy atom. The third-order valence-corrected chi connectivity index (χ3v) is 3.79. The van der Waals surface area contributed by atoms with Gasteiger partial charge in [-0.05, 0) is 42.5 Å². The molecule has 0 radical (unpaired) electrons. The molecule has 0 aliphatic rings. The zero-order chi connectivity index (χ0) is 20.1. The molecule has 3 nitrogen and oxygen atoms in total. The monoisotopic (exact) mass is 379 g/mol. The molecule has 0 aromatic heterocycles. The minimum Gasteiger partial charge on any atom is -0.397 e. The van der Waals surface area contributed by atoms with Gasteiger partial charge in [-0.25, -0.2) is 8.78 Å². The molecule has 0 bridgehead atoms. The Morgan fingerprint density at radius 1 is 1.12 bits per heavy atom. The number of benzene rings is 1. The molecule has 0 saturated carbocycles. The highest BCUT2D eigenvalue weighted by Crippen LogP contribution is 2.36. The number of nitrogens with two attached hydrogens (primary N) is 2. The van der Waals surface area contributed by atoms with E-state index < -0.39 is 23.2 Å².